The molecule has 0 unspecified atom stereocenters. The SMILES string of the molecule is C=CCN(CC(F)(F)F)C(=O)c1cc(-c2ccccc2)on1. The first-order valence-corrected chi connectivity index (χ1v) is 6.40. The van der Waals surface area contributed by atoms with Crippen molar-refractivity contribution in [3.63, 3.8) is 0 Å². The number of alkyl halides is 3. The van der Waals surface area contributed by atoms with Crippen molar-refractivity contribution < 1.29 is 22.5 Å². The van der Waals surface area contributed by atoms with Gasteiger partial charge in [0.15, 0.2) is 11.5 Å². The molecule has 2 rings (SSSR count). The van der Waals surface area contributed by atoms with E-state index in [0.717, 1.165) is 0 Å². The van der Waals surface area contributed by atoms with Crippen LogP contribution in [0.4, 0.5) is 13.2 Å². The Hall–Kier alpha value is -2.57. The topological polar surface area (TPSA) is 46.3 Å². The summed E-state index contributed by atoms with van der Waals surface area (Å²) in [4.78, 5) is 12.7. The van der Waals surface area contributed by atoms with Crippen LogP contribution in [0.25, 0.3) is 11.3 Å². The van der Waals surface area contributed by atoms with Crippen LogP contribution in [0.3, 0.4) is 0 Å². The molecule has 0 spiro atoms. The molecule has 0 fully saturated rings. The predicted octanol–water partition coefficient (Wildman–Crippen LogP) is 3.53. The Morgan fingerprint density at radius 3 is 2.59 bits per heavy atom. The van der Waals surface area contributed by atoms with Crippen LogP contribution in [0.2, 0.25) is 0 Å². The Kier molecular flexibility index (Phi) is 4.65. The fraction of sp³-hybridized carbons (Fsp3) is 0.200. The quantitative estimate of drug-likeness (QED) is 0.794. The van der Waals surface area contributed by atoms with Crippen molar-refractivity contribution in [2.75, 3.05) is 13.1 Å². The number of rotatable bonds is 5. The molecule has 0 N–H and O–H groups in total. The first-order chi connectivity index (χ1) is 10.4. The molecule has 1 heterocycles. The number of halogens is 3. The number of aromatic nitrogens is 1. The lowest BCUT2D eigenvalue weighted by molar-refractivity contribution is -0.139. The monoisotopic (exact) mass is 310 g/mol. The van der Waals surface area contributed by atoms with Gasteiger partial charge in [-0.25, -0.2) is 0 Å². The fourth-order valence-corrected chi connectivity index (χ4v) is 1.87. The molecule has 116 valence electrons. The summed E-state index contributed by atoms with van der Waals surface area (Å²) in [5.74, 6) is -0.544. The standard InChI is InChI=1S/C15H13F3N2O2/c1-2-8-20(10-15(16,17)18)14(21)12-9-13(22-19-12)11-6-4-3-5-7-11/h2-7,9H,1,8,10H2. The van der Waals surface area contributed by atoms with Crippen molar-refractivity contribution in [1.29, 1.82) is 0 Å². The number of nitrogens with zero attached hydrogens (tertiary/aromatic N) is 2. The maximum atomic E-state index is 12.5. The first kappa shape index (κ1) is 15.8. The highest BCUT2D eigenvalue weighted by Gasteiger charge is 2.33. The molecule has 0 saturated carbocycles. The third-order valence-corrected chi connectivity index (χ3v) is 2.79. The molecule has 4 nitrogen and oxygen atoms in total. The van der Waals surface area contributed by atoms with Gasteiger partial charge in [-0.05, 0) is 0 Å². The lowest BCUT2D eigenvalue weighted by atomic mass is 10.1. The van der Waals surface area contributed by atoms with Crippen LogP contribution in [0.5, 0.6) is 0 Å². The van der Waals surface area contributed by atoms with Gasteiger partial charge in [0.25, 0.3) is 5.91 Å². The van der Waals surface area contributed by atoms with E-state index >= 15 is 0 Å². The van der Waals surface area contributed by atoms with Crippen molar-refractivity contribution in [3.05, 3.63) is 54.7 Å². The van der Waals surface area contributed by atoms with Gasteiger partial charge in [0, 0.05) is 18.2 Å². The zero-order valence-electron chi connectivity index (χ0n) is 11.5. The number of carbonyl (C=O) groups is 1. The largest absolute Gasteiger partial charge is 0.406 e. The van der Waals surface area contributed by atoms with Gasteiger partial charge in [-0.2, -0.15) is 13.2 Å². The van der Waals surface area contributed by atoms with Crippen LogP contribution in [0, 0.1) is 0 Å². The molecule has 0 aliphatic carbocycles. The van der Waals surface area contributed by atoms with Crippen molar-refractivity contribution in [3.8, 4) is 11.3 Å². The molecule has 0 saturated heterocycles. The minimum absolute atomic E-state index is 0.176. The molecule has 1 aromatic heterocycles. The van der Waals surface area contributed by atoms with E-state index in [-0.39, 0.29) is 12.2 Å². The molecule has 0 atom stereocenters. The van der Waals surface area contributed by atoms with Crippen molar-refractivity contribution in [2.45, 2.75) is 6.18 Å². The maximum absolute atomic E-state index is 12.5. The Labute approximate surface area is 124 Å². The lowest BCUT2D eigenvalue weighted by Crippen LogP contribution is -2.39. The third kappa shape index (κ3) is 3.97. The molecular formula is C15H13F3N2O2. The zero-order chi connectivity index (χ0) is 16.2. The summed E-state index contributed by atoms with van der Waals surface area (Å²) < 4.78 is 42.5. The molecule has 0 aliphatic rings. The number of hydrogen-bond donors (Lipinski definition) is 0. The van der Waals surface area contributed by atoms with Crippen molar-refractivity contribution in [1.82, 2.24) is 10.1 Å². The normalized spacial score (nSPS) is 11.2. The number of carbonyl (C=O) groups excluding carboxylic acids is 1. The number of hydrogen-bond acceptors (Lipinski definition) is 3. The van der Waals surface area contributed by atoms with Gasteiger partial charge in [0.05, 0.1) is 0 Å². The second-order valence-electron chi connectivity index (χ2n) is 4.53. The molecule has 1 amide bonds. The van der Waals surface area contributed by atoms with E-state index in [1.54, 1.807) is 30.3 Å². The van der Waals surface area contributed by atoms with E-state index in [2.05, 4.69) is 11.7 Å². The van der Waals surface area contributed by atoms with Gasteiger partial charge in [-0.1, -0.05) is 41.6 Å². The Balaban J connectivity index is 2.21. The van der Waals surface area contributed by atoms with Crippen LogP contribution >= 0.6 is 0 Å². The summed E-state index contributed by atoms with van der Waals surface area (Å²) in [6.45, 7) is 1.75. The van der Waals surface area contributed by atoms with Crippen LogP contribution in [0.15, 0.2) is 53.6 Å². The Morgan fingerprint density at radius 2 is 2.00 bits per heavy atom. The van der Waals surface area contributed by atoms with Crippen LogP contribution in [-0.2, 0) is 0 Å². The number of benzene rings is 1. The van der Waals surface area contributed by atoms with Crippen LogP contribution < -0.4 is 0 Å². The van der Waals surface area contributed by atoms with E-state index in [9.17, 15) is 18.0 Å². The Bertz CT molecular complexity index is 650. The van der Waals surface area contributed by atoms with E-state index in [1.807, 2.05) is 0 Å². The average Bonchev–Trinajstić information content (AvgIpc) is 2.95. The molecule has 0 bridgehead atoms. The smallest absolute Gasteiger partial charge is 0.355 e. The van der Waals surface area contributed by atoms with Gasteiger partial charge >= 0.3 is 6.18 Å². The molecule has 7 heteroatoms. The highest BCUT2D eigenvalue weighted by molar-refractivity contribution is 5.93. The van der Waals surface area contributed by atoms with E-state index in [0.29, 0.717) is 16.2 Å². The van der Waals surface area contributed by atoms with Gasteiger partial charge in [0.1, 0.15) is 6.54 Å². The van der Waals surface area contributed by atoms with Crippen LogP contribution in [-0.4, -0.2) is 35.2 Å². The summed E-state index contributed by atoms with van der Waals surface area (Å²) in [6.07, 6.45) is -3.27. The predicted molar refractivity (Wildman–Crippen MR) is 74.1 cm³/mol. The second kappa shape index (κ2) is 6.46. The Morgan fingerprint density at radius 1 is 1.32 bits per heavy atom. The summed E-state index contributed by atoms with van der Waals surface area (Å²) in [6, 6.07) is 10.2. The summed E-state index contributed by atoms with van der Waals surface area (Å²) in [7, 11) is 0. The number of amides is 1. The van der Waals surface area contributed by atoms with Gasteiger partial charge in [0.2, 0.25) is 0 Å². The highest BCUT2D eigenvalue weighted by Crippen LogP contribution is 2.22. The summed E-state index contributed by atoms with van der Waals surface area (Å²) in [5, 5.41) is 3.56. The molecular weight excluding hydrogens is 297 g/mol. The van der Waals surface area contributed by atoms with Gasteiger partial charge in [-0.3, -0.25) is 4.79 Å². The summed E-state index contributed by atoms with van der Waals surface area (Å²) >= 11 is 0. The van der Waals surface area contributed by atoms with E-state index in [1.165, 1.54) is 12.1 Å². The first-order valence-electron chi connectivity index (χ1n) is 6.40. The fourth-order valence-electron chi connectivity index (χ4n) is 1.87. The van der Waals surface area contributed by atoms with Gasteiger partial charge < -0.3 is 9.42 Å². The van der Waals surface area contributed by atoms with Crippen molar-refractivity contribution >= 4 is 5.91 Å². The molecule has 22 heavy (non-hydrogen) atoms. The second-order valence-corrected chi connectivity index (χ2v) is 4.53. The minimum Gasteiger partial charge on any atom is -0.355 e. The minimum atomic E-state index is -4.50. The maximum Gasteiger partial charge on any atom is 0.406 e. The van der Waals surface area contributed by atoms with E-state index in [4.69, 9.17) is 4.52 Å². The molecule has 2 aromatic rings. The molecule has 0 radical (unpaired) electrons. The molecule has 1 aromatic carbocycles. The average molecular weight is 310 g/mol. The lowest BCUT2D eigenvalue weighted by Gasteiger charge is -2.21. The third-order valence-electron chi connectivity index (χ3n) is 2.79. The van der Waals surface area contributed by atoms with Gasteiger partial charge in [-0.15, -0.1) is 6.58 Å². The highest BCUT2D eigenvalue weighted by atomic mass is 19.4. The summed E-state index contributed by atoms with van der Waals surface area (Å²) in [5.41, 5.74) is 0.505. The zero-order valence-corrected chi connectivity index (χ0v) is 11.5. The molecule has 0 aliphatic heterocycles. The van der Waals surface area contributed by atoms with Crippen molar-refractivity contribution in [2.24, 2.45) is 0 Å². The van der Waals surface area contributed by atoms with Crippen LogP contribution in [0.1, 0.15) is 10.5 Å². The van der Waals surface area contributed by atoms with E-state index < -0.39 is 18.6 Å².